The first-order chi connectivity index (χ1) is 18.5. The van der Waals surface area contributed by atoms with Gasteiger partial charge in [-0.15, -0.1) is 0 Å². The molecule has 0 radical (unpaired) electrons. The van der Waals surface area contributed by atoms with Crippen molar-refractivity contribution in [1.29, 1.82) is 0 Å². The lowest BCUT2D eigenvalue weighted by molar-refractivity contribution is -0.142. The quantitative estimate of drug-likeness (QED) is 0.187. The zero-order chi connectivity index (χ0) is 26.5. The smallest absolute Gasteiger partial charge is 0.343 e. The Morgan fingerprint density at radius 2 is 1.53 bits per heavy atom. The summed E-state index contributed by atoms with van der Waals surface area (Å²) in [6.45, 7) is 3.20. The minimum atomic E-state index is -0.414. The Balaban J connectivity index is 1.48. The van der Waals surface area contributed by atoms with Gasteiger partial charge in [0.2, 0.25) is 0 Å². The second-order valence-corrected chi connectivity index (χ2v) is 9.47. The van der Waals surface area contributed by atoms with Crippen LogP contribution in [0, 0.1) is 6.92 Å². The van der Waals surface area contributed by atoms with Crippen molar-refractivity contribution in [3.63, 3.8) is 0 Å². The highest BCUT2D eigenvalue weighted by Gasteiger charge is 2.17. The Morgan fingerprint density at radius 3 is 2.24 bits per heavy atom. The van der Waals surface area contributed by atoms with Gasteiger partial charge in [0.15, 0.2) is 6.61 Å². The molecule has 0 unspecified atom stereocenters. The van der Waals surface area contributed by atoms with E-state index < -0.39 is 5.97 Å². The van der Waals surface area contributed by atoms with Crippen LogP contribution in [0.4, 0.5) is 0 Å². The molecule has 38 heavy (non-hydrogen) atoms. The van der Waals surface area contributed by atoms with Crippen LogP contribution < -0.4 is 9.47 Å². The van der Waals surface area contributed by atoms with E-state index >= 15 is 0 Å². The lowest BCUT2D eigenvalue weighted by atomic mass is 10.1. The van der Waals surface area contributed by atoms with Gasteiger partial charge in [-0.25, -0.2) is 4.79 Å². The number of nitrogens with zero attached hydrogens (tertiary/aromatic N) is 1. The largest absolute Gasteiger partial charge is 0.489 e. The summed E-state index contributed by atoms with van der Waals surface area (Å²) in [4.78, 5) is 11.4. The highest BCUT2D eigenvalue weighted by Crippen LogP contribution is 2.36. The molecule has 0 atom stereocenters. The Bertz CT molecular complexity index is 1540. The molecule has 0 aliphatic heterocycles. The Morgan fingerprint density at radius 1 is 0.816 bits per heavy atom. The molecule has 4 aromatic carbocycles. The third kappa shape index (κ3) is 5.68. The lowest BCUT2D eigenvalue weighted by Crippen LogP contribution is -2.12. The van der Waals surface area contributed by atoms with Gasteiger partial charge in [0, 0.05) is 22.5 Å². The van der Waals surface area contributed by atoms with E-state index in [4.69, 9.17) is 21.1 Å². The highest BCUT2D eigenvalue weighted by atomic mass is 35.5. The average Bonchev–Trinajstić information content (AvgIpc) is 3.22. The molecule has 0 N–H and O–H groups in total. The van der Waals surface area contributed by atoms with Crippen LogP contribution >= 0.6 is 11.6 Å². The van der Waals surface area contributed by atoms with Crippen LogP contribution in [0.15, 0.2) is 97.1 Å². The van der Waals surface area contributed by atoms with Crippen molar-refractivity contribution in [2.24, 2.45) is 0 Å². The van der Waals surface area contributed by atoms with Crippen molar-refractivity contribution >= 4 is 28.5 Å². The summed E-state index contributed by atoms with van der Waals surface area (Å²) in [6, 6.07) is 32.1. The highest BCUT2D eigenvalue weighted by molar-refractivity contribution is 6.30. The summed E-state index contributed by atoms with van der Waals surface area (Å²) in [6.07, 6.45) is 0. The van der Waals surface area contributed by atoms with E-state index in [0.29, 0.717) is 23.9 Å². The molecule has 0 aliphatic rings. The monoisotopic (exact) mass is 525 g/mol. The molecular weight excluding hydrogens is 498 g/mol. The molecule has 0 spiro atoms. The SMILES string of the molecule is COC(=O)COc1ccc(Cn2c(-c3ccc(Cl)cc3)c(C)c3cc(OCc4ccccc4)ccc32)cc1. The predicted octanol–water partition coefficient (Wildman–Crippen LogP) is 7.45. The second kappa shape index (κ2) is 11.4. The number of methoxy groups -OCH3 is 1. The molecule has 5 aromatic rings. The summed E-state index contributed by atoms with van der Waals surface area (Å²) in [5.74, 6) is 1.03. The van der Waals surface area contributed by atoms with Crippen molar-refractivity contribution in [3.8, 4) is 22.8 Å². The second-order valence-electron chi connectivity index (χ2n) is 9.03. The van der Waals surface area contributed by atoms with Crippen molar-refractivity contribution < 1.29 is 19.0 Å². The third-order valence-corrected chi connectivity index (χ3v) is 6.75. The first-order valence-corrected chi connectivity index (χ1v) is 12.7. The van der Waals surface area contributed by atoms with Gasteiger partial charge < -0.3 is 18.8 Å². The number of rotatable bonds is 9. The van der Waals surface area contributed by atoms with Crippen molar-refractivity contribution in [2.75, 3.05) is 13.7 Å². The van der Waals surface area contributed by atoms with Gasteiger partial charge >= 0.3 is 5.97 Å². The number of hydrogen-bond donors (Lipinski definition) is 0. The third-order valence-electron chi connectivity index (χ3n) is 6.50. The van der Waals surface area contributed by atoms with Crippen molar-refractivity contribution in [3.05, 3.63) is 119 Å². The molecule has 6 heteroatoms. The van der Waals surface area contributed by atoms with Gasteiger partial charge in [0.1, 0.15) is 18.1 Å². The van der Waals surface area contributed by atoms with Crippen LogP contribution in [0.5, 0.6) is 11.5 Å². The predicted molar refractivity (Wildman–Crippen MR) is 151 cm³/mol. The van der Waals surface area contributed by atoms with E-state index in [-0.39, 0.29) is 6.61 Å². The zero-order valence-electron chi connectivity index (χ0n) is 21.3. The minimum Gasteiger partial charge on any atom is -0.489 e. The Labute approximate surface area is 227 Å². The van der Waals surface area contributed by atoms with E-state index in [9.17, 15) is 4.79 Å². The van der Waals surface area contributed by atoms with Crippen LogP contribution in [-0.2, 0) is 22.7 Å². The molecule has 0 amide bonds. The summed E-state index contributed by atoms with van der Waals surface area (Å²) < 4.78 is 18.6. The number of aryl methyl sites for hydroxylation is 1. The molecule has 0 aliphatic carbocycles. The number of esters is 1. The zero-order valence-corrected chi connectivity index (χ0v) is 22.1. The average molecular weight is 526 g/mol. The molecule has 1 aromatic heterocycles. The minimum absolute atomic E-state index is 0.118. The number of halogens is 1. The fourth-order valence-corrected chi connectivity index (χ4v) is 4.68. The number of carbonyl (C=O) groups excluding carboxylic acids is 1. The number of aromatic nitrogens is 1. The number of benzene rings is 4. The maximum atomic E-state index is 11.4. The summed E-state index contributed by atoms with van der Waals surface area (Å²) in [7, 11) is 1.34. The van der Waals surface area contributed by atoms with Crippen LogP contribution in [0.25, 0.3) is 22.2 Å². The number of carbonyl (C=O) groups is 1. The van der Waals surface area contributed by atoms with E-state index in [1.165, 1.54) is 12.7 Å². The van der Waals surface area contributed by atoms with E-state index in [0.717, 1.165) is 39.0 Å². The van der Waals surface area contributed by atoms with Crippen LogP contribution in [0.3, 0.4) is 0 Å². The summed E-state index contributed by atoms with van der Waals surface area (Å²) >= 11 is 6.20. The molecular formula is C32H28ClNO4. The number of ether oxygens (including phenoxy) is 3. The van der Waals surface area contributed by atoms with Crippen molar-refractivity contribution in [1.82, 2.24) is 4.57 Å². The molecule has 5 rings (SSSR count). The molecule has 0 saturated heterocycles. The molecule has 5 nitrogen and oxygen atoms in total. The van der Waals surface area contributed by atoms with E-state index in [2.05, 4.69) is 52.6 Å². The standard InChI is InChI=1S/C32H28ClNO4/c1-22-29-18-28(37-20-24-6-4-3-5-7-24)16-17-30(29)34(32(22)25-10-12-26(33)13-11-25)19-23-8-14-27(15-9-23)38-21-31(35)36-2/h3-18H,19-21H2,1-2H3. The molecule has 0 saturated carbocycles. The maximum Gasteiger partial charge on any atom is 0.343 e. The van der Waals surface area contributed by atoms with Crippen LogP contribution in [0.1, 0.15) is 16.7 Å². The normalized spacial score (nSPS) is 10.9. The molecule has 1 heterocycles. The van der Waals surface area contributed by atoms with Crippen molar-refractivity contribution in [2.45, 2.75) is 20.1 Å². The molecule has 0 bridgehead atoms. The first-order valence-electron chi connectivity index (χ1n) is 12.4. The van der Waals surface area contributed by atoms with Gasteiger partial charge in [-0.05, 0) is 71.6 Å². The van der Waals surface area contributed by atoms with Gasteiger partial charge in [-0.2, -0.15) is 0 Å². The number of hydrogen-bond acceptors (Lipinski definition) is 4. The van der Waals surface area contributed by atoms with E-state index in [1.54, 1.807) is 0 Å². The van der Waals surface area contributed by atoms with Gasteiger partial charge in [0.25, 0.3) is 0 Å². The van der Waals surface area contributed by atoms with Crippen LogP contribution in [-0.4, -0.2) is 24.3 Å². The van der Waals surface area contributed by atoms with E-state index in [1.807, 2.05) is 60.7 Å². The summed E-state index contributed by atoms with van der Waals surface area (Å²) in [5.41, 5.74) is 6.74. The summed E-state index contributed by atoms with van der Waals surface area (Å²) in [5, 5.41) is 1.84. The Hall–Kier alpha value is -4.22. The maximum absolute atomic E-state index is 11.4. The number of fused-ring (bicyclic) bond motifs is 1. The fraction of sp³-hybridized carbons (Fsp3) is 0.156. The van der Waals surface area contributed by atoms with Crippen LogP contribution in [0.2, 0.25) is 5.02 Å². The first kappa shape index (κ1) is 25.4. The van der Waals surface area contributed by atoms with Gasteiger partial charge in [-0.3, -0.25) is 0 Å². The lowest BCUT2D eigenvalue weighted by Gasteiger charge is -2.13. The fourth-order valence-electron chi connectivity index (χ4n) is 4.55. The van der Waals surface area contributed by atoms with Gasteiger partial charge in [0.05, 0.1) is 12.8 Å². The molecule has 0 fully saturated rings. The Kier molecular flexibility index (Phi) is 7.66. The topological polar surface area (TPSA) is 49.7 Å². The van der Waals surface area contributed by atoms with Gasteiger partial charge in [-0.1, -0.05) is 66.2 Å². The molecule has 192 valence electrons.